The van der Waals surface area contributed by atoms with Gasteiger partial charge in [-0.1, -0.05) is 4.49 Å². The van der Waals surface area contributed by atoms with Gasteiger partial charge in [-0.05, 0) is 43.6 Å². The van der Waals surface area contributed by atoms with Crippen LogP contribution in [0.15, 0.2) is 0 Å². The minimum atomic E-state index is 0.0115. The van der Waals surface area contributed by atoms with Crippen molar-refractivity contribution in [1.29, 1.82) is 0 Å². The molecule has 7 heteroatoms. The Labute approximate surface area is 141 Å². The highest BCUT2D eigenvalue weighted by molar-refractivity contribution is 7.05. The monoisotopic (exact) mass is 336 g/mol. The molecule has 1 aromatic heterocycles. The number of carbonyl (C=O) groups is 1. The lowest BCUT2D eigenvalue weighted by Crippen LogP contribution is -2.49. The molecule has 1 saturated carbocycles. The largest absolute Gasteiger partial charge is 0.375 e. The quantitative estimate of drug-likeness (QED) is 0.835. The van der Waals surface area contributed by atoms with Crippen molar-refractivity contribution < 1.29 is 9.53 Å². The molecule has 2 atom stereocenters. The molecule has 0 unspecified atom stereocenters. The Bertz CT molecular complexity index is 574. The maximum atomic E-state index is 12.6. The number of piperidine rings is 1. The van der Waals surface area contributed by atoms with E-state index in [1.807, 2.05) is 11.8 Å². The lowest BCUT2D eigenvalue weighted by molar-refractivity contribution is -0.0172. The summed E-state index contributed by atoms with van der Waals surface area (Å²) in [7, 11) is 0. The number of hydrogen-bond acceptors (Lipinski definition) is 6. The first kappa shape index (κ1) is 15.5. The zero-order valence-electron chi connectivity index (χ0n) is 13.6. The molecule has 0 bridgehead atoms. The van der Waals surface area contributed by atoms with E-state index in [2.05, 4.69) is 14.5 Å². The number of fused-ring (bicyclic) bond motifs is 1. The van der Waals surface area contributed by atoms with Crippen molar-refractivity contribution in [1.82, 2.24) is 19.4 Å². The Morgan fingerprint density at radius 1 is 1.30 bits per heavy atom. The average molecular weight is 336 g/mol. The van der Waals surface area contributed by atoms with E-state index in [0.717, 1.165) is 43.5 Å². The second kappa shape index (κ2) is 6.45. The summed E-state index contributed by atoms with van der Waals surface area (Å²) in [5.41, 5.74) is 0.512. The van der Waals surface area contributed by atoms with Gasteiger partial charge in [-0.25, -0.2) is 0 Å². The first-order valence-electron chi connectivity index (χ1n) is 8.63. The number of carbonyl (C=O) groups excluding carboxylic acids is 1. The number of ether oxygens (including phenoxy) is 1. The fourth-order valence-corrected chi connectivity index (χ4v) is 4.17. The summed E-state index contributed by atoms with van der Waals surface area (Å²) >= 11 is 1.29. The molecule has 1 aliphatic carbocycles. The molecule has 2 aliphatic heterocycles. The van der Waals surface area contributed by atoms with Crippen molar-refractivity contribution in [3.63, 3.8) is 0 Å². The standard InChI is InChI=1S/C16H24N4O2S/c1-11-15(17-18-23-11)16(21)20-5-4-13-9-19(8-12-2-3-12)6-7-22-14(13)10-20/h12-14H,2-10H2,1H3/t13-,14-/m1/s1. The van der Waals surface area contributed by atoms with E-state index in [-0.39, 0.29) is 12.0 Å². The lowest BCUT2D eigenvalue weighted by Gasteiger charge is -2.37. The minimum absolute atomic E-state index is 0.0115. The molecular weight excluding hydrogens is 312 g/mol. The average Bonchev–Trinajstić information content (AvgIpc) is 3.30. The molecule has 1 amide bonds. The summed E-state index contributed by atoms with van der Waals surface area (Å²) in [4.78, 5) is 18.0. The van der Waals surface area contributed by atoms with Crippen LogP contribution in [0.2, 0.25) is 0 Å². The van der Waals surface area contributed by atoms with Gasteiger partial charge in [-0.3, -0.25) is 4.79 Å². The fraction of sp³-hybridized carbons (Fsp3) is 0.812. The van der Waals surface area contributed by atoms with Crippen molar-refractivity contribution >= 4 is 17.4 Å². The van der Waals surface area contributed by atoms with E-state index in [9.17, 15) is 4.79 Å². The summed E-state index contributed by atoms with van der Waals surface area (Å²) in [6, 6.07) is 0. The van der Waals surface area contributed by atoms with Crippen molar-refractivity contribution in [3.8, 4) is 0 Å². The maximum Gasteiger partial charge on any atom is 0.275 e. The molecule has 3 fully saturated rings. The zero-order valence-corrected chi connectivity index (χ0v) is 14.4. The van der Waals surface area contributed by atoms with Crippen LogP contribution in [-0.2, 0) is 4.74 Å². The van der Waals surface area contributed by atoms with E-state index < -0.39 is 0 Å². The number of nitrogens with zero attached hydrogens (tertiary/aromatic N) is 4. The number of likely N-dealkylation sites (tertiary alicyclic amines) is 1. The van der Waals surface area contributed by atoms with Gasteiger partial charge in [-0.15, -0.1) is 5.10 Å². The van der Waals surface area contributed by atoms with Gasteiger partial charge >= 0.3 is 0 Å². The van der Waals surface area contributed by atoms with Gasteiger partial charge in [0.05, 0.1) is 17.6 Å². The van der Waals surface area contributed by atoms with Crippen LogP contribution in [0.25, 0.3) is 0 Å². The topological polar surface area (TPSA) is 58.6 Å². The van der Waals surface area contributed by atoms with Crippen LogP contribution < -0.4 is 0 Å². The van der Waals surface area contributed by atoms with Crippen LogP contribution in [0.4, 0.5) is 0 Å². The summed E-state index contributed by atoms with van der Waals surface area (Å²) in [5.74, 6) is 1.49. The molecule has 1 aromatic rings. The first-order valence-corrected chi connectivity index (χ1v) is 9.40. The SMILES string of the molecule is Cc1snnc1C(=O)N1CC[C@@H]2CN(CC3CC3)CCO[C@@H]2C1. The highest BCUT2D eigenvalue weighted by Gasteiger charge is 2.37. The third-order valence-corrected chi connectivity index (χ3v) is 5.91. The van der Waals surface area contributed by atoms with E-state index in [1.165, 1.54) is 30.9 Å². The van der Waals surface area contributed by atoms with Crippen molar-refractivity contribution in [2.45, 2.75) is 32.3 Å². The van der Waals surface area contributed by atoms with E-state index in [4.69, 9.17) is 4.74 Å². The molecule has 23 heavy (non-hydrogen) atoms. The van der Waals surface area contributed by atoms with Crippen LogP contribution in [0, 0.1) is 18.8 Å². The number of amides is 1. The minimum Gasteiger partial charge on any atom is -0.375 e. The summed E-state index contributed by atoms with van der Waals surface area (Å²) in [6.45, 7) is 7.58. The summed E-state index contributed by atoms with van der Waals surface area (Å²) in [5, 5.41) is 3.99. The Kier molecular flexibility index (Phi) is 4.34. The molecule has 0 N–H and O–H groups in total. The predicted octanol–water partition coefficient (Wildman–Crippen LogP) is 1.42. The second-order valence-electron chi connectivity index (χ2n) is 7.09. The lowest BCUT2D eigenvalue weighted by atomic mass is 9.93. The normalized spacial score (nSPS) is 29.2. The second-order valence-corrected chi connectivity index (χ2v) is 8.05. The fourth-order valence-electron chi connectivity index (χ4n) is 3.71. The molecule has 6 nitrogen and oxygen atoms in total. The molecular formula is C16H24N4O2S. The van der Waals surface area contributed by atoms with Crippen molar-refractivity contribution in [2.75, 3.05) is 39.3 Å². The highest BCUT2D eigenvalue weighted by Crippen LogP contribution is 2.32. The molecule has 0 spiro atoms. The van der Waals surface area contributed by atoms with Crippen LogP contribution in [-0.4, -0.2) is 70.7 Å². The van der Waals surface area contributed by atoms with Gasteiger partial charge < -0.3 is 14.5 Å². The van der Waals surface area contributed by atoms with E-state index in [0.29, 0.717) is 18.2 Å². The molecule has 126 valence electrons. The Morgan fingerprint density at radius 3 is 2.91 bits per heavy atom. The van der Waals surface area contributed by atoms with Crippen LogP contribution in [0.1, 0.15) is 34.6 Å². The number of aromatic nitrogens is 2. The van der Waals surface area contributed by atoms with E-state index in [1.54, 1.807) is 0 Å². The molecule has 3 heterocycles. The maximum absolute atomic E-state index is 12.6. The third kappa shape index (κ3) is 3.41. The van der Waals surface area contributed by atoms with Gasteiger partial charge in [0.1, 0.15) is 0 Å². The van der Waals surface area contributed by atoms with Gasteiger partial charge in [-0.2, -0.15) is 0 Å². The smallest absolute Gasteiger partial charge is 0.275 e. The molecule has 3 aliphatic rings. The highest BCUT2D eigenvalue weighted by atomic mass is 32.1. The van der Waals surface area contributed by atoms with Gasteiger partial charge in [0.2, 0.25) is 0 Å². The number of aryl methyl sites for hydroxylation is 1. The van der Waals surface area contributed by atoms with Crippen molar-refractivity contribution in [2.24, 2.45) is 11.8 Å². The first-order chi connectivity index (χ1) is 11.2. The van der Waals surface area contributed by atoms with E-state index >= 15 is 0 Å². The van der Waals surface area contributed by atoms with Gasteiger partial charge in [0.15, 0.2) is 5.69 Å². The van der Waals surface area contributed by atoms with Crippen LogP contribution >= 0.6 is 11.5 Å². The molecule has 0 radical (unpaired) electrons. The van der Waals surface area contributed by atoms with Crippen molar-refractivity contribution in [3.05, 3.63) is 10.6 Å². The summed E-state index contributed by atoms with van der Waals surface area (Å²) < 4.78 is 9.98. The zero-order chi connectivity index (χ0) is 15.8. The van der Waals surface area contributed by atoms with Crippen LogP contribution in [0.5, 0.6) is 0 Å². The molecule has 2 saturated heterocycles. The van der Waals surface area contributed by atoms with Gasteiger partial charge in [0.25, 0.3) is 5.91 Å². The molecule has 0 aromatic carbocycles. The Hall–Kier alpha value is -1.05. The molecule has 4 rings (SSSR count). The van der Waals surface area contributed by atoms with Gasteiger partial charge in [0, 0.05) is 38.6 Å². The van der Waals surface area contributed by atoms with Crippen LogP contribution in [0.3, 0.4) is 0 Å². The number of hydrogen-bond donors (Lipinski definition) is 0. The Morgan fingerprint density at radius 2 is 2.17 bits per heavy atom. The Balaban J connectivity index is 1.39. The third-order valence-electron chi connectivity index (χ3n) is 5.28. The predicted molar refractivity (Wildman–Crippen MR) is 87.6 cm³/mol. The number of rotatable bonds is 3. The summed E-state index contributed by atoms with van der Waals surface area (Å²) in [6.07, 6.45) is 3.99.